The molecule has 20 heavy (non-hydrogen) atoms. The second-order valence-corrected chi connectivity index (χ2v) is 5.01. The van der Waals surface area contributed by atoms with Gasteiger partial charge in [0.15, 0.2) is 0 Å². The molecule has 2 aromatic rings. The average Bonchev–Trinajstić information content (AvgIpc) is 2.39. The SMILES string of the molecule is CCCNc1cc(Oc2ccc(C)cc2Cl)nc(C)n1. The molecule has 2 rings (SSSR count). The van der Waals surface area contributed by atoms with Gasteiger partial charge in [0, 0.05) is 12.6 Å². The summed E-state index contributed by atoms with van der Waals surface area (Å²) in [6.45, 7) is 6.78. The highest BCUT2D eigenvalue weighted by Gasteiger charge is 2.07. The van der Waals surface area contributed by atoms with Crippen molar-refractivity contribution >= 4 is 17.4 Å². The number of benzene rings is 1. The summed E-state index contributed by atoms with van der Waals surface area (Å²) >= 11 is 6.16. The highest BCUT2D eigenvalue weighted by molar-refractivity contribution is 6.32. The number of anilines is 1. The second kappa shape index (κ2) is 6.57. The predicted molar refractivity (Wildman–Crippen MR) is 81.8 cm³/mol. The van der Waals surface area contributed by atoms with Gasteiger partial charge in [0.25, 0.3) is 0 Å². The highest BCUT2D eigenvalue weighted by Crippen LogP contribution is 2.29. The van der Waals surface area contributed by atoms with Crippen molar-refractivity contribution in [3.05, 3.63) is 40.7 Å². The van der Waals surface area contributed by atoms with E-state index in [1.54, 1.807) is 6.07 Å². The Bertz CT molecular complexity index is 602. The Morgan fingerprint density at radius 1 is 1.20 bits per heavy atom. The van der Waals surface area contributed by atoms with Crippen LogP contribution in [-0.2, 0) is 0 Å². The van der Waals surface area contributed by atoms with E-state index in [0.717, 1.165) is 24.3 Å². The van der Waals surface area contributed by atoms with E-state index < -0.39 is 0 Å². The summed E-state index contributed by atoms with van der Waals surface area (Å²) in [5.41, 5.74) is 1.09. The first-order chi connectivity index (χ1) is 9.58. The van der Waals surface area contributed by atoms with Gasteiger partial charge in [-0.05, 0) is 38.0 Å². The lowest BCUT2D eigenvalue weighted by Crippen LogP contribution is -2.04. The van der Waals surface area contributed by atoms with E-state index >= 15 is 0 Å². The Hall–Kier alpha value is -1.81. The van der Waals surface area contributed by atoms with Gasteiger partial charge in [0.2, 0.25) is 5.88 Å². The quantitative estimate of drug-likeness (QED) is 0.889. The topological polar surface area (TPSA) is 47.0 Å². The van der Waals surface area contributed by atoms with Gasteiger partial charge in [0.1, 0.15) is 17.4 Å². The molecule has 1 heterocycles. The fourth-order valence-electron chi connectivity index (χ4n) is 1.74. The van der Waals surface area contributed by atoms with E-state index in [4.69, 9.17) is 16.3 Å². The lowest BCUT2D eigenvalue weighted by atomic mass is 10.2. The molecule has 0 saturated carbocycles. The third-order valence-corrected chi connectivity index (χ3v) is 2.97. The summed E-state index contributed by atoms with van der Waals surface area (Å²) in [5.74, 6) is 2.50. The van der Waals surface area contributed by atoms with Crippen LogP contribution in [0.25, 0.3) is 0 Å². The molecule has 0 unspecified atom stereocenters. The van der Waals surface area contributed by atoms with Crippen molar-refractivity contribution in [1.82, 2.24) is 9.97 Å². The smallest absolute Gasteiger partial charge is 0.224 e. The van der Waals surface area contributed by atoms with Crippen LogP contribution >= 0.6 is 11.6 Å². The normalized spacial score (nSPS) is 10.4. The van der Waals surface area contributed by atoms with E-state index in [0.29, 0.717) is 22.5 Å². The van der Waals surface area contributed by atoms with Gasteiger partial charge in [-0.2, -0.15) is 4.98 Å². The molecular weight excluding hydrogens is 274 g/mol. The minimum absolute atomic E-state index is 0.488. The Labute approximate surface area is 124 Å². The standard InChI is InChI=1S/C15H18ClN3O/c1-4-7-17-14-9-15(19-11(3)18-14)20-13-6-5-10(2)8-12(13)16/h5-6,8-9H,4,7H2,1-3H3,(H,17,18,19). The van der Waals surface area contributed by atoms with Crippen LogP contribution in [0.5, 0.6) is 11.6 Å². The molecule has 0 aliphatic heterocycles. The number of nitrogens with one attached hydrogen (secondary N) is 1. The molecule has 5 heteroatoms. The number of hydrogen-bond donors (Lipinski definition) is 1. The van der Waals surface area contributed by atoms with Crippen molar-refractivity contribution in [2.45, 2.75) is 27.2 Å². The highest BCUT2D eigenvalue weighted by atomic mass is 35.5. The summed E-state index contributed by atoms with van der Waals surface area (Å²) in [4.78, 5) is 8.58. The average molecular weight is 292 g/mol. The van der Waals surface area contributed by atoms with Crippen LogP contribution in [0, 0.1) is 13.8 Å². The third kappa shape index (κ3) is 3.84. The van der Waals surface area contributed by atoms with Gasteiger partial charge < -0.3 is 10.1 Å². The van der Waals surface area contributed by atoms with E-state index in [2.05, 4.69) is 22.2 Å². The summed E-state index contributed by atoms with van der Waals surface area (Å²) in [7, 11) is 0. The van der Waals surface area contributed by atoms with Crippen LogP contribution in [0.2, 0.25) is 5.02 Å². The maximum Gasteiger partial charge on any atom is 0.224 e. The van der Waals surface area contributed by atoms with Crippen molar-refractivity contribution in [3.8, 4) is 11.6 Å². The van der Waals surface area contributed by atoms with Crippen LogP contribution in [0.3, 0.4) is 0 Å². The summed E-state index contributed by atoms with van der Waals surface area (Å²) in [5, 5.41) is 3.79. The Kier molecular flexibility index (Phi) is 4.79. The Morgan fingerprint density at radius 3 is 2.70 bits per heavy atom. The number of halogens is 1. The van der Waals surface area contributed by atoms with E-state index in [1.807, 2.05) is 32.0 Å². The van der Waals surface area contributed by atoms with E-state index in [9.17, 15) is 0 Å². The lowest BCUT2D eigenvalue weighted by Gasteiger charge is -2.10. The van der Waals surface area contributed by atoms with Crippen molar-refractivity contribution in [3.63, 3.8) is 0 Å². The maximum atomic E-state index is 6.16. The predicted octanol–water partition coefficient (Wildman–Crippen LogP) is 4.36. The van der Waals surface area contributed by atoms with Crippen molar-refractivity contribution in [2.24, 2.45) is 0 Å². The fraction of sp³-hybridized carbons (Fsp3) is 0.333. The minimum atomic E-state index is 0.488. The number of ether oxygens (including phenoxy) is 1. The first-order valence-electron chi connectivity index (χ1n) is 6.62. The minimum Gasteiger partial charge on any atom is -0.437 e. The zero-order valence-electron chi connectivity index (χ0n) is 11.9. The molecule has 106 valence electrons. The van der Waals surface area contributed by atoms with Crippen LogP contribution in [0.1, 0.15) is 24.7 Å². The van der Waals surface area contributed by atoms with Crippen LogP contribution in [-0.4, -0.2) is 16.5 Å². The Morgan fingerprint density at radius 2 is 2.00 bits per heavy atom. The zero-order chi connectivity index (χ0) is 14.5. The van der Waals surface area contributed by atoms with Gasteiger partial charge in [-0.15, -0.1) is 0 Å². The molecule has 0 fully saturated rings. The van der Waals surface area contributed by atoms with Gasteiger partial charge in [-0.1, -0.05) is 24.6 Å². The molecule has 0 saturated heterocycles. The summed E-state index contributed by atoms with van der Waals surface area (Å²) in [6.07, 6.45) is 1.03. The molecule has 0 spiro atoms. The molecule has 1 aromatic carbocycles. The maximum absolute atomic E-state index is 6.16. The number of rotatable bonds is 5. The molecule has 0 bridgehead atoms. The monoisotopic (exact) mass is 291 g/mol. The van der Waals surface area contributed by atoms with E-state index in [1.165, 1.54) is 0 Å². The first kappa shape index (κ1) is 14.6. The summed E-state index contributed by atoms with van der Waals surface area (Å²) < 4.78 is 5.74. The first-order valence-corrected chi connectivity index (χ1v) is 7.00. The second-order valence-electron chi connectivity index (χ2n) is 4.60. The molecule has 0 radical (unpaired) electrons. The lowest BCUT2D eigenvalue weighted by molar-refractivity contribution is 0.460. The van der Waals surface area contributed by atoms with Crippen molar-refractivity contribution in [2.75, 3.05) is 11.9 Å². The van der Waals surface area contributed by atoms with Crippen molar-refractivity contribution in [1.29, 1.82) is 0 Å². The molecule has 0 atom stereocenters. The van der Waals surface area contributed by atoms with E-state index in [-0.39, 0.29) is 0 Å². The van der Waals surface area contributed by atoms with Crippen LogP contribution < -0.4 is 10.1 Å². The number of nitrogens with zero attached hydrogens (tertiary/aromatic N) is 2. The van der Waals surface area contributed by atoms with Gasteiger partial charge in [-0.25, -0.2) is 4.98 Å². The molecule has 1 N–H and O–H groups in total. The zero-order valence-corrected chi connectivity index (χ0v) is 12.7. The van der Waals surface area contributed by atoms with Gasteiger partial charge in [-0.3, -0.25) is 0 Å². The van der Waals surface area contributed by atoms with Crippen molar-refractivity contribution < 1.29 is 4.74 Å². The number of aromatic nitrogens is 2. The van der Waals surface area contributed by atoms with Gasteiger partial charge >= 0.3 is 0 Å². The molecule has 0 amide bonds. The molecule has 0 aliphatic rings. The molecule has 4 nitrogen and oxygen atoms in total. The molecule has 0 aliphatic carbocycles. The van der Waals surface area contributed by atoms with Crippen LogP contribution in [0.15, 0.2) is 24.3 Å². The number of aryl methyl sites for hydroxylation is 2. The third-order valence-electron chi connectivity index (χ3n) is 2.67. The largest absolute Gasteiger partial charge is 0.437 e. The summed E-state index contributed by atoms with van der Waals surface area (Å²) in [6, 6.07) is 7.43. The molecule has 1 aromatic heterocycles. The number of hydrogen-bond acceptors (Lipinski definition) is 4. The fourth-order valence-corrected chi connectivity index (χ4v) is 2.01. The molecular formula is C15H18ClN3O. The van der Waals surface area contributed by atoms with Crippen LogP contribution in [0.4, 0.5) is 5.82 Å². The van der Waals surface area contributed by atoms with Gasteiger partial charge in [0.05, 0.1) is 5.02 Å². The Balaban J connectivity index is 2.21.